The zero-order valence-electron chi connectivity index (χ0n) is 12.9. The number of phenols is 1. The van der Waals surface area contributed by atoms with Crippen LogP contribution in [0.5, 0.6) is 5.75 Å². The molecule has 1 heterocycles. The summed E-state index contributed by atoms with van der Waals surface area (Å²) in [6.07, 6.45) is 1.21. The molecule has 120 valence electrons. The van der Waals surface area contributed by atoms with Crippen molar-refractivity contribution in [3.8, 4) is 5.75 Å². The van der Waals surface area contributed by atoms with Gasteiger partial charge in [0.2, 0.25) is 0 Å². The number of sulfone groups is 1. The van der Waals surface area contributed by atoms with Gasteiger partial charge < -0.3 is 5.11 Å². The summed E-state index contributed by atoms with van der Waals surface area (Å²) in [5, 5.41) is 12.1. The first-order chi connectivity index (χ1) is 10.2. The largest absolute Gasteiger partial charge is 0.508 e. The van der Waals surface area contributed by atoms with Crippen LogP contribution in [0.4, 0.5) is 0 Å². The first kappa shape index (κ1) is 16.9. The average Bonchev–Trinajstić information content (AvgIpc) is 2.82. The molecule has 0 aliphatic heterocycles. The Morgan fingerprint density at radius 3 is 2.77 bits per heavy atom. The molecule has 7 heteroatoms. The normalized spacial score (nSPS) is 13.5. The van der Waals surface area contributed by atoms with E-state index >= 15 is 0 Å². The number of benzene rings is 1. The van der Waals surface area contributed by atoms with Crippen LogP contribution in [-0.2, 0) is 22.1 Å². The van der Waals surface area contributed by atoms with Gasteiger partial charge in [-0.3, -0.25) is 4.90 Å². The quantitative estimate of drug-likeness (QED) is 0.875. The van der Waals surface area contributed by atoms with Gasteiger partial charge in [-0.1, -0.05) is 12.1 Å². The monoisotopic (exact) mass is 340 g/mol. The van der Waals surface area contributed by atoms with E-state index in [1.165, 1.54) is 17.6 Å². The lowest BCUT2D eigenvalue weighted by Gasteiger charge is -2.24. The van der Waals surface area contributed by atoms with E-state index in [4.69, 9.17) is 0 Å². The zero-order valence-corrected chi connectivity index (χ0v) is 14.5. The van der Waals surface area contributed by atoms with E-state index < -0.39 is 9.84 Å². The molecule has 0 radical (unpaired) electrons. The molecule has 0 aliphatic rings. The Morgan fingerprint density at radius 1 is 1.41 bits per heavy atom. The molecule has 1 atom stereocenters. The third-order valence-corrected chi connectivity index (χ3v) is 5.29. The van der Waals surface area contributed by atoms with Gasteiger partial charge in [-0.05, 0) is 31.7 Å². The SMILES string of the molecule is CC(c1cccc(O)c1)N(C)Cc1csc(CS(C)(=O)=O)n1. The van der Waals surface area contributed by atoms with Gasteiger partial charge in [-0.15, -0.1) is 11.3 Å². The van der Waals surface area contributed by atoms with E-state index in [0.29, 0.717) is 11.6 Å². The summed E-state index contributed by atoms with van der Waals surface area (Å²) in [6.45, 7) is 2.68. The van der Waals surface area contributed by atoms with Crippen LogP contribution in [0.25, 0.3) is 0 Å². The fourth-order valence-corrected chi connectivity index (χ4v) is 4.14. The molecular formula is C15H20N2O3S2. The van der Waals surface area contributed by atoms with Crippen LogP contribution < -0.4 is 0 Å². The van der Waals surface area contributed by atoms with Gasteiger partial charge in [-0.25, -0.2) is 13.4 Å². The molecule has 0 bridgehead atoms. The third-order valence-electron chi connectivity index (χ3n) is 3.41. The van der Waals surface area contributed by atoms with E-state index in [0.717, 1.165) is 11.3 Å². The molecule has 0 spiro atoms. The minimum absolute atomic E-state index is 0.0104. The number of aromatic nitrogens is 1. The van der Waals surface area contributed by atoms with Gasteiger partial charge >= 0.3 is 0 Å². The van der Waals surface area contributed by atoms with Gasteiger partial charge in [0.15, 0.2) is 9.84 Å². The number of hydrogen-bond acceptors (Lipinski definition) is 6. The first-order valence-corrected chi connectivity index (χ1v) is 9.79. The maximum absolute atomic E-state index is 11.3. The third kappa shape index (κ3) is 4.79. The van der Waals surface area contributed by atoms with Crippen molar-refractivity contribution in [1.29, 1.82) is 0 Å². The van der Waals surface area contributed by atoms with Crippen molar-refractivity contribution in [2.45, 2.75) is 25.3 Å². The Hall–Kier alpha value is -1.44. The van der Waals surface area contributed by atoms with Crippen molar-refractivity contribution in [3.63, 3.8) is 0 Å². The second-order valence-electron chi connectivity index (χ2n) is 5.49. The predicted octanol–water partition coefficient (Wildman–Crippen LogP) is 2.59. The van der Waals surface area contributed by atoms with Crippen molar-refractivity contribution >= 4 is 21.2 Å². The standard InChI is InChI=1S/C15H20N2O3S2/c1-11(12-5-4-6-14(18)7-12)17(2)8-13-9-21-15(16-13)10-22(3,19)20/h4-7,9,11,18H,8,10H2,1-3H3. The van der Waals surface area contributed by atoms with Crippen molar-refractivity contribution < 1.29 is 13.5 Å². The number of nitrogens with zero attached hydrogens (tertiary/aromatic N) is 2. The Bertz CT molecular complexity index is 741. The molecule has 0 aliphatic carbocycles. The minimum atomic E-state index is -3.05. The molecule has 1 aromatic heterocycles. The lowest BCUT2D eigenvalue weighted by atomic mass is 10.1. The summed E-state index contributed by atoms with van der Waals surface area (Å²) in [6, 6.07) is 7.30. The smallest absolute Gasteiger partial charge is 0.153 e. The van der Waals surface area contributed by atoms with Crippen molar-refractivity contribution in [2.75, 3.05) is 13.3 Å². The molecule has 0 saturated carbocycles. The molecule has 1 unspecified atom stereocenters. The van der Waals surface area contributed by atoms with Gasteiger partial charge in [0.05, 0.1) is 5.69 Å². The second kappa shape index (κ2) is 6.76. The fraction of sp³-hybridized carbons (Fsp3) is 0.400. The first-order valence-electron chi connectivity index (χ1n) is 6.85. The highest BCUT2D eigenvalue weighted by Gasteiger charge is 2.15. The summed E-state index contributed by atoms with van der Waals surface area (Å²) < 4.78 is 22.6. The number of hydrogen-bond donors (Lipinski definition) is 1. The second-order valence-corrected chi connectivity index (χ2v) is 8.57. The highest BCUT2D eigenvalue weighted by Crippen LogP contribution is 2.24. The number of phenolic OH excluding ortho intramolecular Hbond substituents is 1. The molecule has 0 amide bonds. The van der Waals surface area contributed by atoms with Crippen LogP contribution >= 0.6 is 11.3 Å². The molecule has 5 nitrogen and oxygen atoms in total. The maximum atomic E-state index is 11.3. The van der Waals surface area contributed by atoms with Gasteiger partial charge in [0, 0.05) is 24.2 Å². The van der Waals surface area contributed by atoms with E-state index in [1.54, 1.807) is 12.1 Å². The topological polar surface area (TPSA) is 70.5 Å². The van der Waals surface area contributed by atoms with E-state index in [2.05, 4.69) is 16.8 Å². The molecule has 0 fully saturated rings. The molecule has 1 aromatic carbocycles. The van der Waals surface area contributed by atoms with Crippen molar-refractivity contribution in [1.82, 2.24) is 9.88 Å². The summed E-state index contributed by atoms with van der Waals surface area (Å²) in [7, 11) is -1.07. The summed E-state index contributed by atoms with van der Waals surface area (Å²) in [4.78, 5) is 6.48. The molecular weight excluding hydrogens is 320 g/mol. The predicted molar refractivity (Wildman–Crippen MR) is 88.7 cm³/mol. The van der Waals surface area contributed by atoms with E-state index in [-0.39, 0.29) is 17.5 Å². The van der Waals surface area contributed by atoms with Crippen LogP contribution in [0, 0.1) is 0 Å². The van der Waals surface area contributed by atoms with Gasteiger partial charge in [0.25, 0.3) is 0 Å². The van der Waals surface area contributed by atoms with Crippen molar-refractivity contribution in [3.05, 3.63) is 45.9 Å². The molecule has 22 heavy (non-hydrogen) atoms. The van der Waals surface area contributed by atoms with Gasteiger partial charge in [0.1, 0.15) is 16.5 Å². The Balaban J connectivity index is 2.04. The lowest BCUT2D eigenvalue weighted by Crippen LogP contribution is -2.22. The summed E-state index contributed by atoms with van der Waals surface area (Å²) in [5.74, 6) is 0.241. The Kier molecular flexibility index (Phi) is 5.20. The van der Waals surface area contributed by atoms with Gasteiger partial charge in [-0.2, -0.15) is 0 Å². The van der Waals surface area contributed by atoms with Crippen LogP contribution in [0.1, 0.15) is 29.2 Å². The highest BCUT2D eigenvalue weighted by molar-refractivity contribution is 7.90. The highest BCUT2D eigenvalue weighted by atomic mass is 32.2. The molecule has 2 aromatic rings. The Labute approximate surface area is 135 Å². The Morgan fingerprint density at radius 2 is 2.14 bits per heavy atom. The molecule has 1 N–H and O–H groups in total. The summed E-state index contributed by atoms with van der Waals surface area (Å²) >= 11 is 1.37. The molecule has 0 saturated heterocycles. The van der Waals surface area contributed by atoms with Crippen LogP contribution in [0.2, 0.25) is 0 Å². The summed E-state index contributed by atoms with van der Waals surface area (Å²) in [5.41, 5.74) is 1.88. The average molecular weight is 340 g/mol. The van der Waals surface area contributed by atoms with E-state index in [1.807, 2.05) is 24.6 Å². The van der Waals surface area contributed by atoms with Crippen LogP contribution in [0.3, 0.4) is 0 Å². The van der Waals surface area contributed by atoms with E-state index in [9.17, 15) is 13.5 Å². The molecule has 2 rings (SSSR count). The number of rotatable bonds is 6. The van der Waals surface area contributed by atoms with Crippen LogP contribution in [0.15, 0.2) is 29.6 Å². The minimum Gasteiger partial charge on any atom is -0.508 e. The lowest BCUT2D eigenvalue weighted by molar-refractivity contribution is 0.250. The zero-order chi connectivity index (χ0) is 16.3. The van der Waals surface area contributed by atoms with Crippen molar-refractivity contribution in [2.24, 2.45) is 0 Å². The fourth-order valence-electron chi connectivity index (χ4n) is 2.14. The number of aromatic hydroxyl groups is 1. The maximum Gasteiger partial charge on any atom is 0.153 e. The number of thiazole rings is 1. The van der Waals surface area contributed by atoms with Crippen LogP contribution in [-0.4, -0.2) is 36.7 Å².